The average molecular weight is 1240 g/mol. The molecule has 0 fully saturated rings. The summed E-state index contributed by atoms with van der Waals surface area (Å²) in [6.45, 7) is 4.67. The van der Waals surface area contributed by atoms with Gasteiger partial charge in [-0.25, -0.2) is 4.57 Å². The SMILES string of the molecule is CC/C=C\C/C=C\C/C=C\C/C=C\C/C=C\C/C=C\C/C=C\C/C=C\C/C=C\C/C=C\CCCCCCCCCCC(=O)NC(COP(=O)(O)OCC[N+](C)(C)C)C(O)/C=C/CC/C=C/CC/C=C/CCCCCCCCCCCCCCCCCCC. The van der Waals surface area contributed by atoms with E-state index in [4.69, 9.17) is 9.05 Å². The van der Waals surface area contributed by atoms with E-state index < -0.39 is 20.0 Å². The molecule has 0 spiro atoms. The molecule has 0 aromatic carbocycles. The second-order valence-electron chi connectivity index (χ2n) is 24.9. The number of aliphatic hydroxyl groups excluding tert-OH is 1. The Morgan fingerprint density at radius 3 is 1.05 bits per heavy atom. The lowest BCUT2D eigenvalue weighted by molar-refractivity contribution is -0.870. The van der Waals surface area contributed by atoms with Crippen LogP contribution in [0.15, 0.2) is 158 Å². The minimum absolute atomic E-state index is 0.0440. The highest BCUT2D eigenvalue weighted by molar-refractivity contribution is 7.47. The predicted octanol–water partition coefficient (Wildman–Crippen LogP) is 23.3. The summed E-state index contributed by atoms with van der Waals surface area (Å²) in [5.41, 5.74) is 0. The molecule has 3 unspecified atom stereocenters. The summed E-state index contributed by atoms with van der Waals surface area (Å²) in [6, 6.07) is -0.888. The van der Waals surface area contributed by atoms with Crippen molar-refractivity contribution in [3.8, 4) is 0 Å². The van der Waals surface area contributed by atoms with Crippen molar-refractivity contribution < 1.29 is 32.9 Å². The minimum Gasteiger partial charge on any atom is -0.387 e. The minimum atomic E-state index is -4.38. The number of phosphoric ester groups is 1. The zero-order valence-corrected chi connectivity index (χ0v) is 58.3. The second kappa shape index (κ2) is 67.5. The van der Waals surface area contributed by atoms with Crippen LogP contribution < -0.4 is 5.32 Å². The molecular weight excluding hydrogens is 1100 g/mol. The monoisotopic (exact) mass is 1240 g/mol. The van der Waals surface area contributed by atoms with Crippen LogP contribution in [0.2, 0.25) is 0 Å². The van der Waals surface area contributed by atoms with E-state index in [0.717, 1.165) is 122 Å². The van der Waals surface area contributed by atoms with Gasteiger partial charge in [-0.2, -0.15) is 0 Å². The highest BCUT2D eigenvalue weighted by Crippen LogP contribution is 2.43. The number of allylic oxidation sites excluding steroid dienone is 25. The van der Waals surface area contributed by atoms with E-state index in [1.807, 2.05) is 27.2 Å². The smallest absolute Gasteiger partial charge is 0.387 e. The molecule has 9 heteroatoms. The van der Waals surface area contributed by atoms with E-state index in [-0.39, 0.29) is 19.1 Å². The van der Waals surface area contributed by atoms with Crippen molar-refractivity contribution in [1.29, 1.82) is 0 Å². The lowest BCUT2D eigenvalue weighted by Crippen LogP contribution is -2.45. The standard InChI is InChI=1S/C79H135N2O6P/c1-6-8-10-12-14-16-18-20-22-24-26-28-30-32-34-35-36-37-38-39-40-41-42-43-44-45-47-49-51-53-55-57-59-61-63-65-67-69-71-73-79(83)80-77(76-87-88(84,85)86-75-74-81(3,4)5)78(82)72-70-68-66-64-62-60-58-56-54-52-50-48-46-33-31-29-27-25-23-21-19-17-15-13-11-9-7-2/h8,10,14,16,20,22,26,28,32,34,36-37,39-40,42-43,45,47,51,53-54,56,62,64,70,72,77-78,82H,6-7,9,11-13,15,17-19,21,23-25,27,29-31,33,35,38,41,44,46,48-50,52,55,57-61,63,65-69,71,73-76H2,1-5H3,(H-,80,83,84,85)/p+1/b10-8-,16-14-,22-20-,28-26-,34-32-,37-36-,40-39-,43-42-,47-45-,53-51-,56-54+,64-62+,72-70+. The number of nitrogens with one attached hydrogen (secondary N) is 1. The first kappa shape index (κ1) is 84.1. The molecule has 1 amide bonds. The molecule has 0 aliphatic heterocycles. The number of amides is 1. The predicted molar refractivity (Wildman–Crippen MR) is 387 cm³/mol. The van der Waals surface area contributed by atoms with Gasteiger partial charge in [0.1, 0.15) is 13.2 Å². The van der Waals surface area contributed by atoms with Crippen LogP contribution in [0, 0.1) is 0 Å². The lowest BCUT2D eigenvalue weighted by Gasteiger charge is -2.25. The van der Waals surface area contributed by atoms with Crippen LogP contribution in [-0.2, 0) is 18.4 Å². The third-order valence-corrected chi connectivity index (χ3v) is 16.2. The van der Waals surface area contributed by atoms with Gasteiger partial charge in [0.05, 0.1) is 39.9 Å². The summed E-state index contributed by atoms with van der Waals surface area (Å²) >= 11 is 0. The Kier molecular flexibility index (Phi) is 64.5. The topological polar surface area (TPSA) is 105 Å². The molecule has 502 valence electrons. The summed E-state index contributed by atoms with van der Waals surface area (Å²) in [5.74, 6) is -0.204. The first-order chi connectivity index (χ1) is 43.0. The Bertz CT molecular complexity index is 1990. The van der Waals surface area contributed by atoms with Crippen molar-refractivity contribution in [3.63, 3.8) is 0 Å². The number of quaternary nitrogens is 1. The largest absolute Gasteiger partial charge is 0.472 e. The van der Waals surface area contributed by atoms with E-state index >= 15 is 0 Å². The molecular formula is C79H136N2O6P+. The molecule has 0 bridgehead atoms. The number of likely N-dealkylation sites (N-methyl/N-ethyl adjacent to an activating group) is 1. The molecule has 0 aromatic heterocycles. The molecule has 3 N–H and O–H groups in total. The number of hydrogen-bond donors (Lipinski definition) is 3. The van der Waals surface area contributed by atoms with Gasteiger partial charge in [-0.3, -0.25) is 13.8 Å². The summed E-state index contributed by atoms with van der Waals surface area (Å²) in [5, 5.41) is 14.0. The maximum atomic E-state index is 13.1. The Morgan fingerprint density at radius 1 is 0.398 bits per heavy atom. The zero-order valence-electron chi connectivity index (χ0n) is 57.4. The van der Waals surface area contributed by atoms with Crippen molar-refractivity contribution in [3.05, 3.63) is 158 Å². The van der Waals surface area contributed by atoms with Gasteiger partial charge in [0.25, 0.3) is 0 Å². The zero-order chi connectivity index (χ0) is 64.1. The van der Waals surface area contributed by atoms with Crippen LogP contribution in [0.3, 0.4) is 0 Å². The van der Waals surface area contributed by atoms with Gasteiger partial charge in [0, 0.05) is 6.42 Å². The van der Waals surface area contributed by atoms with E-state index in [0.29, 0.717) is 17.4 Å². The van der Waals surface area contributed by atoms with E-state index in [1.165, 1.54) is 141 Å². The number of hydrogen-bond acceptors (Lipinski definition) is 5. The van der Waals surface area contributed by atoms with Gasteiger partial charge in [-0.1, -0.05) is 313 Å². The number of phosphoric acid groups is 1. The molecule has 0 rings (SSSR count). The molecule has 0 aliphatic rings. The maximum Gasteiger partial charge on any atom is 0.472 e. The van der Waals surface area contributed by atoms with Gasteiger partial charge >= 0.3 is 7.82 Å². The van der Waals surface area contributed by atoms with E-state index in [2.05, 4.69) is 165 Å². The van der Waals surface area contributed by atoms with Crippen molar-refractivity contribution in [2.45, 2.75) is 296 Å². The normalized spacial score (nSPS) is 14.6. The molecule has 0 aliphatic carbocycles. The summed E-state index contributed by atoms with van der Waals surface area (Å²) in [4.78, 5) is 23.4. The van der Waals surface area contributed by atoms with E-state index in [1.54, 1.807) is 6.08 Å². The number of nitrogens with zero attached hydrogens (tertiary/aromatic N) is 1. The number of carbonyl (C=O) groups is 1. The van der Waals surface area contributed by atoms with Crippen LogP contribution in [0.4, 0.5) is 0 Å². The van der Waals surface area contributed by atoms with Crippen LogP contribution >= 0.6 is 7.82 Å². The highest BCUT2D eigenvalue weighted by atomic mass is 31.2. The van der Waals surface area contributed by atoms with Gasteiger partial charge in [0.2, 0.25) is 5.91 Å². The Balaban J connectivity index is 4.21. The van der Waals surface area contributed by atoms with Crippen molar-refractivity contribution in [2.75, 3.05) is 40.9 Å². The van der Waals surface area contributed by atoms with Gasteiger partial charge in [-0.15, -0.1) is 0 Å². The molecule has 0 saturated heterocycles. The van der Waals surface area contributed by atoms with Crippen LogP contribution in [-0.4, -0.2) is 73.4 Å². The first-order valence-electron chi connectivity index (χ1n) is 35.9. The molecule has 3 atom stereocenters. The quantitative estimate of drug-likeness (QED) is 0.0243. The second-order valence-corrected chi connectivity index (χ2v) is 26.3. The van der Waals surface area contributed by atoms with Gasteiger partial charge in [-0.05, 0) is 122 Å². The maximum absolute atomic E-state index is 13.1. The molecule has 88 heavy (non-hydrogen) atoms. The number of aliphatic hydroxyl groups is 1. The Morgan fingerprint density at radius 2 is 0.693 bits per heavy atom. The summed E-state index contributed by atoms with van der Waals surface area (Å²) in [6.07, 6.45) is 105. The van der Waals surface area contributed by atoms with Gasteiger partial charge in [0.15, 0.2) is 0 Å². The third kappa shape index (κ3) is 69.6. The summed E-state index contributed by atoms with van der Waals surface area (Å²) < 4.78 is 23.8. The number of carbonyl (C=O) groups excluding carboxylic acids is 1. The molecule has 0 aromatic rings. The van der Waals surface area contributed by atoms with Crippen molar-refractivity contribution >= 4 is 13.7 Å². The van der Waals surface area contributed by atoms with Crippen LogP contribution in [0.25, 0.3) is 0 Å². The Labute approximate surface area is 543 Å². The molecule has 0 heterocycles. The first-order valence-corrected chi connectivity index (χ1v) is 37.4. The average Bonchev–Trinajstić information content (AvgIpc) is 3.70. The van der Waals surface area contributed by atoms with Crippen molar-refractivity contribution in [1.82, 2.24) is 5.32 Å². The third-order valence-electron chi connectivity index (χ3n) is 15.2. The fourth-order valence-electron chi connectivity index (χ4n) is 9.69. The van der Waals surface area contributed by atoms with Crippen LogP contribution in [0.1, 0.15) is 284 Å². The molecule has 0 radical (unpaired) electrons. The fraction of sp³-hybridized carbons (Fsp3) is 0.658. The fourth-order valence-corrected chi connectivity index (χ4v) is 10.4. The Hall–Kier alpha value is -3.88. The number of unbranched alkanes of at least 4 members (excludes halogenated alkanes) is 27. The van der Waals surface area contributed by atoms with Crippen molar-refractivity contribution in [2.24, 2.45) is 0 Å². The van der Waals surface area contributed by atoms with Crippen LogP contribution in [0.5, 0.6) is 0 Å². The summed E-state index contributed by atoms with van der Waals surface area (Å²) in [7, 11) is 1.52. The molecule has 0 saturated carbocycles. The van der Waals surface area contributed by atoms with Gasteiger partial charge < -0.3 is 19.8 Å². The number of rotatable bonds is 64. The lowest BCUT2D eigenvalue weighted by atomic mass is 10.0. The molecule has 8 nitrogen and oxygen atoms in total. The van der Waals surface area contributed by atoms with E-state index in [9.17, 15) is 19.4 Å². The highest BCUT2D eigenvalue weighted by Gasteiger charge is 2.28.